The molecule has 3 unspecified atom stereocenters. The van der Waals surface area contributed by atoms with E-state index in [0.29, 0.717) is 0 Å². The van der Waals surface area contributed by atoms with E-state index in [2.05, 4.69) is 72.5 Å². The minimum absolute atomic E-state index is 0.239. The molecule has 1 aromatic heterocycles. The monoisotopic (exact) mass is 500 g/mol. The highest BCUT2D eigenvalue weighted by Gasteiger charge is 2.70. The molecule has 2 aliphatic rings. The fourth-order valence-electron chi connectivity index (χ4n) is 5.10. The van der Waals surface area contributed by atoms with Gasteiger partial charge in [0.2, 0.25) is 0 Å². The van der Waals surface area contributed by atoms with Crippen LogP contribution in [0.15, 0.2) is 67.0 Å². The third-order valence-corrected chi connectivity index (χ3v) is 7.80. The number of halogens is 2. The van der Waals surface area contributed by atoms with E-state index < -0.39 is 0 Å². The zero-order chi connectivity index (χ0) is 24.9. The first-order valence-corrected chi connectivity index (χ1v) is 12.3. The van der Waals surface area contributed by atoms with Gasteiger partial charge in [0.1, 0.15) is 0 Å². The van der Waals surface area contributed by atoms with E-state index in [1.165, 1.54) is 5.56 Å². The second-order valence-electron chi connectivity index (χ2n) is 9.47. The summed E-state index contributed by atoms with van der Waals surface area (Å²) < 4.78 is 0. The van der Waals surface area contributed by atoms with Gasteiger partial charge >= 0.3 is 0 Å². The summed E-state index contributed by atoms with van der Waals surface area (Å²) in [7, 11) is 0. The third-order valence-electron chi connectivity index (χ3n) is 7.00. The molecule has 176 valence electrons. The van der Waals surface area contributed by atoms with Crippen LogP contribution in [0.1, 0.15) is 39.4 Å². The Kier molecular flexibility index (Phi) is 5.87. The van der Waals surface area contributed by atoms with E-state index in [4.69, 9.17) is 28.5 Å². The summed E-state index contributed by atoms with van der Waals surface area (Å²) in [6.45, 7) is 10.4. The Labute approximate surface area is 216 Å². The van der Waals surface area contributed by atoms with Crippen LogP contribution in [0.2, 0.25) is 5.02 Å². The van der Waals surface area contributed by atoms with Gasteiger partial charge in [-0.1, -0.05) is 30.3 Å². The molecule has 0 radical (unpaired) electrons. The summed E-state index contributed by atoms with van der Waals surface area (Å²) in [5.74, 6) is 0.494. The number of fused-ring (bicyclic) bond motifs is 1. The van der Waals surface area contributed by atoms with Gasteiger partial charge in [0.15, 0.2) is 0 Å². The quantitative estimate of drug-likeness (QED) is 0.329. The minimum Gasteiger partial charge on any atom is -0.359 e. The first-order chi connectivity index (χ1) is 16.7. The molecule has 0 saturated heterocycles. The highest BCUT2D eigenvalue weighted by molar-refractivity contribution is 6.31. The molecule has 0 aliphatic heterocycles. The second kappa shape index (κ2) is 8.75. The molecule has 3 atom stereocenters. The van der Waals surface area contributed by atoms with E-state index in [1.54, 1.807) is 6.20 Å². The van der Waals surface area contributed by atoms with Crippen LogP contribution in [0.25, 0.3) is 5.70 Å². The molecule has 2 aliphatic carbocycles. The molecule has 0 bridgehead atoms. The van der Waals surface area contributed by atoms with Crippen LogP contribution in [0.4, 0.5) is 11.4 Å². The zero-order valence-corrected chi connectivity index (χ0v) is 21.4. The van der Waals surface area contributed by atoms with Gasteiger partial charge in [-0.3, -0.25) is 4.98 Å². The molecule has 35 heavy (non-hydrogen) atoms. The van der Waals surface area contributed by atoms with Crippen LogP contribution in [0, 0.1) is 38.0 Å². The second-order valence-corrected chi connectivity index (χ2v) is 10.6. The summed E-state index contributed by atoms with van der Waals surface area (Å²) in [6.07, 6.45) is 4.12. The normalized spacial score (nSPS) is 21.8. The largest absolute Gasteiger partial charge is 0.359 e. The van der Waals surface area contributed by atoms with Crippen LogP contribution >= 0.6 is 23.2 Å². The van der Waals surface area contributed by atoms with E-state index in [-0.39, 0.29) is 23.1 Å². The molecule has 2 N–H and O–H groups in total. The Morgan fingerprint density at radius 2 is 1.94 bits per heavy atom. The number of rotatable bonds is 7. The lowest BCUT2D eigenvalue weighted by molar-refractivity contribution is 0.857. The van der Waals surface area contributed by atoms with Crippen molar-refractivity contribution in [2.24, 2.45) is 5.92 Å². The van der Waals surface area contributed by atoms with Gasteiger partial charge in [-0.05, 0) is 79.4 Å². The van der Waals surface area contributed by atoms with Crippen molar-refractivity contribution in [3.63, 3.8) is 0 Å². The molecule has 0 amide bonds. The Morgan fingerprint density at radius 1 is 1.14 bits per heavy atom. The standard InChI is InChI=1S/C29H26Cl2N4/c1-16-11-20(13-21(30)12-16)27-28-26(15-29(27,28)31)35-22-6-5-17(2)23(14-22)19(4)34-25-8-10-33-24(7-9-32)18(25)3/h5-6,8,10-15,27-28,35H,4,7H2,1-3H3,(H,33,34). The van der Waals surface area contributed by atoms with E-state index in [0.717, 1.165) is 55.7 Å². The van der Waals surface area contributed by atoms with Crippen LogP contribution in [-0.4, -0.2) is 9.86 Å². The predicted octanol–water partition coefficient (Wildman–Crippen LogP) is 7.51. The van der Waals surface area contributed by atoms with Crippen molar-refractivity contribution in [3.8, 4) is 6.07 Å². The van der Waals surface area contributed by atoms with Crippen molar-refractivity contribution in [1.29, 1.82) is 5.26 Å². The number of nitriles is 1. The molecule has 5 rings (SSSR count). The number of aromatic nitrogens is 1. The summed E-state index contributed by atoms with van der Waals surface area (Å²) in [5.41, 5.74) is 10.0. The number of hydrogen-bond donors (Lipinski definition) is 2. The van der Waals surface area contributed by atoms with Crippen molar-refractivity contribution in [3.05, 3.63) is 106 Å². The van der Waals surface area contributed by atoms with Crippen molar-refractivity contribution in [2.75, 3.05) is 10.6 Å². The summed E-state index contributed by atoms with van der Waals surface area (Å²) >= 11 is 13.2. The maximum atomic E-state index is 9.05. The Morgan fingerprint density at radius 3 is 2.69 bits per heavy atom. The average molecular weight is 501 g/mol. The fraction of sp³-hybridized carbons (Fsp3) is 0.241. The first-order valence-electron chi connectivity index (χ1n) is 11.6. The highest BCUT2D eigenvalue weighted by Crippen LogP contribution is 2.72. The topological polar surface area (TPSA) is 60.7 Å². The Bertz CT molecular complexity index is 1410. The number of hydrogen-bond acceptors (Lipinski definition) is 4. The van der Waals surface area contributed by atoms with Crippen LogP contribution < -0.4 is 10.6 Å². The van der Waals surface area contributed by atoms with Crippen molar-refractivity contribution in [2.45, 2.75) is 38.0 Å². The highest BCUT2D eigenvalue weighted by atomic mass is 35.5. The van der Waals surface area contributed by atoms with E-state index >= 15 is 0 Å². The molecule has 2 aromatic carbocycles. The Balaban J connectivity index is 1.32. The molecule has 1 heterocycles. The van der Waals surface area contributed by atoms with Gasteiger partial charge in [-0.25, -0.2) is 0 Å². The lowest BCUT2D eigenvalue weighted by Crippen LogP contribution is -2.18. The predicted molar refractivity (Wildman–Crippen MR) is 145 cm³/mol. The van der Waals surface area contributed by atoms with Crippen molar-refractivity contribution < 1.29 is 0 Å². The lowest BCUT2D eigenvalue weighted by Gasteiger charge is -2.22. The zero-order valence-electron chi connectivity index (χ0n) is 19.9. The number of benzene rings is 2. The number of allylic oxidation sites excluding steroid dienone is 2. The first kappa shape index (κ1) is 23.5. The number of pyridine rings is 1. The number of anilines is 2. The molecule has 3 aromatic rings. The fourth-order valence-corrected chi connectivity index (χ4v) is 5.95. The van der Waals surface area contributed by atoms with Crippen LogP contribution in [-0.2, 0) is 6.42 Å². The van der Waals surface area contributed by atoms with Crippen molar-refractivity contribution in [1.82, 2.24) is 4.98 Å². The lowest BCUT2D eigenvalue weighted by atomic mass is 10.0. The molecule has 6 heteroatoms. The molecule has 1 fully saturated rings. The number of nitrogens with zero attached hydrogens (tertiary/aromatic N) is 2. The smallest absolute Gasteiger partial charge is 0.0810 e. The van der Waals surface area contributed by atoms with Gasteiger partial charge < -0.3 is 10.6 Å². The van der Waals surface area contributed by atoms with Gasteiger partial charge in [0, 0.05) is 51.4 Å². The van der Waals surface area contributed by atoms with Gasteiger partial charge in [0.25, 0.3) is 0 Å². The molecule has 4 nitrogen and oxygen atoms in total. The summed E-state index contributed by atoms with van der Waals surface area (Å²) in [5, 5.41) is 16.8. The average Bonchev–Trinajstić information content (AvgIpc) is 3.30. The van der Waals surface area contributed by atoms with Crippen LogP contribution in [0.3, 0.4) is 0 Å². The van der Waals surface area contributed by atoms with Gasteiger partial charge in [-0.15, -0.1) is 11.6 Å². The van der Waals surface area contributed by atoms with Crippen molar-refractivity contribution >= 4 is 40.3 Å². The number of aryl methyl sites for hydroxylation is 2. The number of alkyl halides is 1. The van der Waals surface area contributed by atoms with Gasteiger partial charge in [-0.2, -0.15) is 5.26 Å². The van der Waals surface area contributed by atoms with E-state index in [9.17, 15) is 0 Å². The Hall–Kier alpha value is -3.26. The minimum atomic E-state index is -0.321. The molecule has 1 saturated carbocycles. The molecule has 0 spiro atoms. The number of nitrogens with one attached hydrogen (secondary N) is 2. The van der Waals surface area contributed by atoms with Gasteiger partial charge in [0.05, 0.1) is 23.1 Å². The third kappa shape index (κ3) is 4.20. The summed E-state index contributed by atoms with van der Waals surface area (Å²) in [4.78, 5) is 4.00. The maximum Gasteiger partial charge on any atom is 0.0810 e. The maximum absolute atomic E-state index is 9.05. The van der Waals surface area contributed by atoms with Crippen LogP contribution in [0.5, 0.6) is 0 Å². The summed E-state index contributed by atoms with van der Waals surface area (Å²) in [6, 6.07) is 16.5. The molecular weight excluding hydrogens is 475 g/mol. The van der Waals surface area contributed by atoms with E-state index in [1.807, 2.05) is 25.1 Å². The SMILES string of the molecule is C=C(Nc1ccnc(CC#N)c1C)c1cc(NC2=CC3(Cl)C2C3c2cc(C)cc(Cl)c2)ccc1C. The molecular formula is C29H26Cl2N4.